The van der Waals surface area contributed by atoms with Crippen molar-refractivity contribution in [2.75, 3.05) is 32.1 Å². The molecule has 7 aromatic rings. The lowest BCUT2D eigenvalue weighted by Gasteiger charge is -2.48. The number of nitrogens with one attached hydrogen (secondary N) is 9. The van der Waals surface area contributed by atoms with Crippen LogP contribution in [0.2, 0.25) is 15.1 Å². The van der Waals surface area contributed by atoms with Gasteiger partial charge in [0.25, 0.3) is 0 Å². The number of halogens is 3. The van der Waals surface area contributed by atoms with Gasteiger partial charge in [-0.3, -0.25) is 38.5 Å². The number of primary amides is 1. The van der Waals surface area contributed by atoms with Crippen LogP contribution in [0.5, 0.6) is 46.0 Å². The van der Waals surface area contributed by atoms with E-state index in [4.69, 9.17) is 69.0 Å². The van der Waals surface area contributed by atoms with Gasteiger partial charge >= 0.3 is 5.97 Å². The highest BCUT2D eigenvalue weighted by Gasteiger charge is 2.52. The van der Waals surface area contributed by atoms with Gasteiger partial charge < -0.3 is 133 Å². The summed E-state index contributed by atoms with van der Waals surface area (Å²) in [7, 11) is 1.48. The first kappa shape index (κ1) is 85.9. The van der Waals surface area contributed by atoms with Crippen LogP contribution in [-0.4, -0.2) is 209 Å². The molecule has 2 saturated heterocycles. The Morgan fingerprint density at radius 2 is 1.35 bits per heavy atom. The van der Waals surface area contributed by atoms with Gasteiger partial charge in [-0.1, -0.05) is 66.8 Å². The summed E-state index contributed by atoms with van der Waals surface area (Å²) in [5.74, 6) is -16.0. The van der Waals surface area contributed by atoms with E-state index in [1.807, 2.05) is 26.0 Å². The molecule has 38 heteroatoms. The van der Waals surface area contributed by atoms with Crippen LogP contribution in [0.4, 0.5) is 5.69 Å². The summed E-state index contributed by atoms with van der Waals surface area (Å²) in [6.07, 6.45) is -15.6. The van der Waals surface area contributed by atoms with E-state index in [9.17, 15) is 75.0 Å². The van der Waals surface area contributed by atoms with Gasteiger partial charge in [-0.25, -0.2) is 4.79 Å². The van der Waals surface area contributed by atoms with Gasteiger partial charge in [-0.2, -0.15) is 0 Å². The number of fused-ring (bicyclic) bond motifs is 16. The fourth-order valence-electron chi connectivity index (χ4n) is 14.8. The number of unbranched alkanes of at least 4 members (excludes halogenated alkanes) is 1. The third kappa shape index (κ3) is 18.9. The number of pyridine rings is 1. The molecular formula is C79H88Cl3N11O24. The molecule has 0 unspecified atom stereocenters. The second kappa shape index (κ2) is 36.2. The number of hydrogen-bond acceptors (Lipinski definition) is 27. The quantitative estimate of drug-likeness (QED) is 0.0482. The standard InChI is InChI=1S/C79H88Cl3N11O24/c1-32(2)20-47(84-5)71(104)92-62-64(99)35-9-14-51(43(81)22-35)113-53-24-37-25-54(68(53)117-78-69(67(102)66(101)55(31-94)115-78)116-57-30-79(4,70(103)33(3)112-57)87-18-7-6-17-85-45-16-19-86-46-26-38(80)11-12-40(45)46)114-52-15-10-36(23-44(52)82)65(100)63-76(109)91-61(77(110)111)42-27-39(95)28-50(97)58(42)41-21-34(8-13-49(41)96)59(73(106)93-63)90-74(107)60(37)89-72(105)48(29-56(83)98)88-75(62)108/h8-16,19,21-28,32-33,47-48,55,57,59-67,69-70,78,84,87,94-97,99-103H,6-7,17-18,20,29-31H2,1-5H3,(H2,83,98)(H,85,86)(H,88,108)(H,89,105)(H,90,107)(H,91,109)(H,92,104)(H,93,106)(H,110,111)/t33-,47+,48-,55+,57-,59+,60+,61-,62+,63-,64+,65+,66+,67-,69+,70+,78-,79-/m0/s1. The van der Waals surface area contributed by atoms with Crippen molar-refractivity contribution < 1.29 is 118 Å². The third-order valence-corrected chi connectivity index (χ3v) is 21.7. The summed E-state index contributed by atoms with van der Waals surface area (Å²) in [6, 6.07) is 6.63. The number of nitrogens with two attached hydrogens (primary N) is 1. The van der Waals surface area contributed by atoms with Crippen LogP contribution in [-0.2, 0) is 52.6 Å². The highest BCUT2D eigenvalue weighted by atomic mass is 35.5. The number of benzene rings is 6. The Kier molecular flexibility index (Phi) is 26.5. The minimum atomic E-state index is -2.36. The van der Waals surface area contributed by atoms with Gasteiger partial charge in [0.15, 0.2) is 29.9 Å². The summed E-state index contributed by atoms with van der Waals surface area (Å²) in [6.45, 7) is 6.89. The molecule has 7 aliphatic rings. The number of aliphatic carboxylic acids is 1. The van der Waals surface area contributed by atoms with Crippen LogP contribution in [0.15, 0.2) is 109 Å². The largest absolute Gasteiger partial charge is 0.508 e. The van der Waals surface area contributed by atoms with E-state index in [0.29, 0.717) is 36.5 Å². The van der Waals surface area contributed by atoms with Crippen molar-refractivity contribution in [3.63, 3.8) is 0 Å². The van der Waals surface area contributed by atoms with E-state index in [2.05, 4.69) is 52.8 Å². The molecule has 624 valence electrons. The number of aromatic hydroxyl groups is 3. The molecule has 6 aromatic carbocycles. The van der Waals surface area contributed by atoms with Gasteiger partial charge in [0.05, 0.1) is 46.8 Å². The van der Waals surface area contributed by atoms with Crippen LogP contribution in [0, 0.1) is 5.92 Å². The number of ether oxygens (including phenoxy) is 6. The number of rotatable bonds is 20. The number of amides is 7. The minimum absolute atomic E-state index is 0.107. The number of hydrogen-bond donors (Lipinski definition) is 20. The summed E-state index contributed by atoms with van der Waals surface area (Å²) in [5.41, 5.74) is 3.31. The van der Waals surface area contributed by atoms with Crippen LogP contribution in [0.3, 0.4) is 0 Å². The molecule has 2 fully saturated rings. The number of aliphatic hydroxyl groups is 6. The Balaban J connectivity index is 1.01. The molecule has 35 nitrogen and oxygen atoms in total. The van der Waals surface area contributed by atoms with Crippen LogP contribution in [0.25, 0.3) is 22.0 Å². The van der Waals surface area contributed by atoms with E-state index < -0.39 is 237 Å². The lowest BCUT2D eigenvalue weighted by atomic mass is 9.85. The van der Waals surface area contributed by atoms with Crippen molar-refractivity contribution in [1.29, 1.82) is 0 Å². The average molecular weight is 1680 g/mol. The van der Waals surface area contributed by atoms with E-state index in [0.717, 1.165) is 77.8 Å². The normalized spacial score (nSPS) is 27.0. The van der Waals surface area contributed by atoms with Gasteiger partial charge in [0.1, 0.15) is 89.5 Å². The SMILES string of the molecule is CN[C@H](CC(C)C)C(=O)N[C@H]1C(=O)N[C@@H](CC(N)=O)C(=O)N[C@H]2C(=O)N[C@H]3C(=O)N[C@H](C(=O)N[C@H](C(=O)O)c4cc(O)cc(O)c4-c4cc3ccc4O)[C@H](O)c3ccc(c(Cl)c3)Oc3cc2cc(c3O[C@@H]2O[C@H](CO)[C@@H](O)[C@H](O)[C@H]2O[C@H]2C[C@](C)(NCCCCNc3ccnc4cc(Cl)ccc34)[C@H](O)[C@H](C)O2)Oc2ccc(cc2Cl)[C@H]1O. The number of likely N-dealkylation sites (N-methyl/N-ethyl adjacent to an activating group) is 1. The zero-order valence-electron chi connectivity index (χ0n) is 63.3. The molecule has 11 bridgehead atoms. The number of carboxylic acid groups (broad SMARTS) is 1. The van der Waals surface area contributed by atoms with Crippen molar-refractivity contribution in [2.45, 2.75) is 169 Å². The Hall–Kier alpha value is -10.5. The zero-order chi connectivity index (χ0) is 84.3. The molecule has 0 radical (unpaired) electrons. The topological polar surface area (TPSA) is 541 Å². The van der Waals surface area contributed by atoms with Crippen molar-refractivity contribution in [1.82, 2.24) is 47.5 Å². The third-order valence-electron chi connectivity index (χ3n) is 20.9. The van der Waals surface area contributed by atoms with Crippen LogP contribution in [0.1, 0.15) is 118 Å². The number of phenols is 3. The van der Waals surface area contributed by atoms with Gasteiger partial charge in [0.2, 0.25) is 53.4 Å². The Morgan fingerprint density at radius 1 is 0.701 bits per heavy atom. The second-order valence-electron chi connectivity index (χ2n) is 29.7. The predicted molar refractivity (Wildman–Crippen MR) is 418 cm³/mol. The van der Waals surface area contributed by atoms with E-state index in [-0.39, 0.29) is 46.2 Å². The number of phenolic OH excluding ortho intramolecular Hbond substituents is 3. The highest BCUT2D eigenvalue weighted by molar-refractivity contribution is 6.32. The number of aromatic nitrogens is 1. The summed E-state index contributed by atoms with van der Waals surface area (Å²) in [5, 5.41) is 141. The first-order valence-corrected chi connectivity index (χ1v) is 38.5. The fraction of sp³-hybridized carbons (Fsp3) is 0.405. The maximum atomic E-state index is 16.2. The maximum Gasteiger partial charge on any atom is 0.330 e. The number of carboxylic acids is 1. The number of nitrogens with zero attached hydrogens (tertiary/aromatic N) is 1. The molecule has 0 aliphatic carbocycles. The monoisotopic (exact) mass is 1680 g/mol. The van der Waals surface area contributed by atoms with Crippen molar-refractivity contribution >= 4 is 98.7 Å². The van der Waals surface area contributed by atoms with Gasteiger partial charge in [0, 0.05) is 63.6 Å². The minimum Gasteiger partial charge on any atom is -0.508 e. The second-order valence-corrected chi connectivity index (χ2v) is 31.0. The molecule has 18 atom stereocenters. The van der Waals surface area contributed by atoms with Crippen LogP contribution >= 0.6 is 34.8 Å². The molecule has 7 aliphatic heterocycles. The van der Waals surface area contributed by atoms with Gasteiger partial charge in [-0.15, -0.1) is 0 Å². The van der Waals surface area contributed by atoms with E-state index >= 15 is 14.4 Å². The number of anilines is 1. The van der Waals surface area contributed by atoms with E-state index in [1.54, 1.807) is 32.2 Å². The highest BCUT2D eigenvalue weighted by Crippen LogP contribution is 2.50. The molecular weight excluding hydrogens is 1590 g/mol. The lowest BCUT2D eigenvalue weighted by Crippen LogP contribution is -2.65. The molecule has 0 spiro atoms. The van der Waals surface area contributed by atoms with E-state index in [1.165, 1.54) is 19.2 Å². The maximum absolute atomic E-state index is 16.2. The summed E-state index contributed by atoms with van der Waals surface area (Å²) < 4.78 is 39.5. The Bertz CT molecular complexity index is 4970. The number of aliphatic hydroxyl groups excluding tert-OH is 6. The number of carbonyl (C=O) groups is 8. The predicted octanol–water partition coefficient (Wildman–Crippen LogP) is 3.83. The molecule has 0 saturated carbocycles. The number of carbonyl (C=O) groups excluding carboxylic acids is 7. The van der Waals surface area contributed by atoms with Gasteiger partial charge in [-0.05, 0) is 154 Å². The molecule has 1 aromatic heterocycles. The molecule has 14 rings (SSSR count). The van der Waals surface area contributed by atoms with Crippen LogP contribution < -0.4 is 67.8 Å². The molecule has 8 heterocycles. The van der Waals surface area contributed by atoms with Crippen molar-refractivity contribution in [3.8, 4) is 57.1 Å². The Labute approximate surface area is 682 Å². The first-order chi connectivity index (χ1) is 55.6. The molecule has 117 heavy (non-hydrogen) atoms. The summed E-state index contributed by atoms with van der Waals surface area (Å²) >= 11 is 20.5. The average Bonchev–Trinajstić information content (AvgIpc) is 0.737. The molecule has 21 N–H and O–H groups in total. The molecule has 7 amide bonds. The fourth-order valence-corrected chi connectivity index (χ4v) is 15.4. The lowest BCUT2D eigenvalue weighted by molar-refractivity contribution is -0.334. The van der Waals surface area contributed by atoms with Crippen molar-refractivity contribution in [2.24, 2.45) is 11.7 Å². The Morgan fingerprint density at radius 3 is 2.00 bits per heavy atom. The van der Waals surface area contributed by atoms with Crippen molar-refractivity contribution in [3.05, 3.63) is 152 Å². The zero-order valence-corrected chi connectivity index (χ0v) is 65.6. The summed E-state index contributed by atoms with van der Waals surface area (Å²) in [4.78, 5) is 122. The smallest absolute Gasteiger partial charge is 0.330 e. The first-order valence-electron chi connectivity index (χ1n) is 37.3.